The van der Waals surface area contributed by atoms with Gasteiger partial charge in [0, 0.05) is 24.7 Å². The fourth-order valence-electron chi connectivity index (χ4n) is 4.21. The molecule has 1 aliphatic heterocycles. The highest BCUT2D eigenvalue weighted by atomic mass is 19.1. The molecule has 9 heteroatoms. The van der Waals surface area contributed by atoms with Crippen LogP contribution in [0.1, 0.15) is 17.5 Å². The van der Waals surface area contributed by atoms with Crippen molar-refractivity contribution in [2.24, 2.45) is 4.99 Å². The van der Waals surface area contributed by atoms with Gasteiger partial charge in [0.15, 0.2) is 23.1 Å². The first-order chi connectivity index (χ1) is 17.2. The molecule has 0 fully saturated rings. The molecule has 0 amide bonds. The van der Waals surface area contributed by atoms with Gasteiger partial charge in [-0.2, -0.15) is 5.10 Å². The molecule has 0 saturated heterocycles. The van der Waals surface area contributed by atoms with Crippen LogP contribution in [-0.4, -0.2) is 37.0 Å². The first-order valence-corrected chi connectivity index (χ1v) is 11.3. The van der Waals surface area contributed by atoms with Gasteiger partial charge in [0.05, 0.1) is 17.6 Å². The van der Waals surface area contributed by atoms with E-state index in [1.54, 1.807) is 29.1 Å². The Morgan fingerprint density at radius 1 is 0.971 bits per heavy atom. The predicted octanol–water partition coefficient (Wildman–Crippen LogP) is 4.59. The number of hydrogen-bond acceptors (Lipinski definition) is 7. The summed E-state index contributed by atoms with van der Waals surface area (Å²) in [5.41, 5.74) is 10.5. The van der Waals surface area contributed by atoms with Gasteiger partial charge in [-0.3, -0.25) is 0 Å². The quantitative estimate of drug-likeness (QED) is 0.403. The Bertz CT molecular complexity index is 1580. The molecule has 3 N–H and O–H groups in total. The molecule has 3 aromatic heterocycles. The van der Waals surface area contributed by atoms with E-state index >= 15 is 0 Å². The molecule has 0 atom stereocenters. The Balaban J connectivity index is 1.45. The van der Waals surface area contributed by atoms with E-state index < -0.39 is 0 Å². The smallest absolute Gasteiger partial charge is 0.184 e. The zero-order valence-electron chi connectivity index (χ0n) is 18.7. The van der Waals surface area contributed by atoms with E-state index in [1.165, 1.54) is 6.07 Å². The summed E-state index contributed by atoms with van der Waals surface area (Å²) in [6.45, 7) is 0.879. The molecule has 0 bridgehead atoms. The second-order valence-electron chi connectivity index (χ2n) is 8.20. The lowest BCUT2D eigenvalue weighted by atomic mass is 10.1. The average molecular weight is 465 g/mol. The topological polar surface area (TPSA) is 107 Å². The van der Waals surface area contributed by atoms with Gasteiger partial charge in [0.1, 0.15) is 17.2 Å². The number of benzene rings is 2. The molecule has 35 heavy (non-hydrogen) atoms. The van der Waals surface area contributed by atoms with E-state index in [4.69, 9.17) is 20.8 Å². The summed E-state index contributed by atoms with van der Waals surface area (Å²) < 4.78 is 16.0. The minimum absolute atomic E-state index is 0.226. The highest BCUT2D eigenvalue weighted by molar-refractivity contribution is 6.04. The van der Waals surface area contributed by atoms with Gasteiger partial charge < -0.3 is 11.1 Å². The monoisotopic (exact) mass is 464 g/mol. The molecule has 1 aliphatic rings. The van der Waals surface area contributed by atoms with Crippen LogP contribution in [0.25, 0.3) is 22.6 Å². The second-order valence-corrected chi connectivity index (χ2v) is 8.20. The maximum Gasteiger partial charge on any atom is 0.184 e. The molecule has 4 heterocycles. The van der Waals surface area contributed by atoms with Crippen molar-refractivity contribution in [2.45, 2.75) is 13.0 Å². The maximum absolute atomic E-state index is 14.3. The third-order valence-electron chi connectivity index (χ3n) is 5.92. The molecule has 172 valence electrons. The van der Waals surface area contributed by atoms with Crippen molar-refractivity contribution in [3.8, 4) is 11.5 Å². The molecule has 0 unspecified atom stereocenters. The van der Waals surface area contributed by atoms with Gasteiger partial charge in [-0.25, -0.2) is 29.0 Å². The molecule has 6 rings (SSSR count). The molecule has 8 nitrogen and oxygen atoms in total. The summed E-state index contributed by atoms with van der Waals surface area (Å²) in [4.78, 5) is 18.6. The summed E-state index contributed by atoms with van der Waals surface area (Å²) in [5.74, 6) is 0.875. The van der Waals surface area contributed by atoms with Crippen LogP contribution in [0.15, 0.2) is 77.9 Å². The Kier molecular flexibility index (Phi) is 5.14. The summed E-state index contributed by atoms with van der Waals surface area (Å²) in [7, 11) is 0. The Morgan fingerprint density at radius 2 is 1.80 bits per heavy atom. The minimum atomic E-state index is -0.296. The Morgan fingerprint density at radius 3 is 2.66 bits per heavy atom. The normalized spacial score (nSPS) is 13.1. The van der Waals surface area contributed by atoms with Crippen LogP contribution in [0, 0.1) is 5.82 Å². The van der Waals surface area contributed by atoms with Crippen molar-refractivity contribution < 1.29 is 4.39 Å². The van der Waals surface area contributed by atoms with Crippen LogP contribution in [0.2, 0.25) is 0 Å². The Labute approximate surface area is 200 Å². The van der Waals surface area contributed by atoms with Gasteiger partial charge in [-0.1, -0.05) is 48.5 Å². The summed E-state index contributed by atoms with van der Waals surface area (Å²) >= 11 is 0. The summed E-state index contributed by atoms with van der Waals surface area (Å²) in [6, 6.07) is 20.3. The third kappa shape index (κ3) is 3.86. The van der Waals surface area contributed by atoms with Crippen LogP contribution in [0.3, 0.4) is 0 Å². The van der Waals surface area contributed by atoms with Gasteiger partial charge in [0.25, 0.3) is 0 Å². The van der Waals surface area contributed by atoms with Crippen molar-refractivity contribution in [1.29, 1.82) is 0 Å². The first-order valence-electron chi connectivity index (χ1n) is 11.3. The lowest BCUT2D eigenvalue weighted by Gasteiger charge is -2.08. The van der Waals surface area contributed by atoms with E-state index in [0.717, 1.165) is 23.1 Å². The average Bonchev–Trinajstić information content (AvgIpc) is 3.09. The summed E-state index contributed by atoms with van der Waals surface area (Å²) in [5, 5.41) is 8.80. The SMILES string of the molecule is Nc1nc(-c2nn(Cc3ccccc3F)c3ncccc23)nc2c1N=C(c1ccccc1)CCN2. The number of aromatic nitrogens is 5. The Hall–Kier alpha value is -4.66. The minimum Gasteiger partial charge on any atom is -0.382 e. The van der Waals surface area contributed by atoms with Gasteiger partial charge in [-0.05, 0) is 23.8 Å². The predicted molar refractivity (Wildman–Crippen MR) is 134 cm³/mol. The number of nitrogens with one attached hydrogen (secondary N) is 1. The number of fused-ring (bicyclic) bond motifs is 2. The number of nitrogens with zero attached hydrogens (tertiary/aromatic N) is 6. The van der Waals surface area contributed by atoms with Crippen molar-refractivity contribution >= 4 is 34.1 Å². The molecular formula is C26H21FN8. The van der Waals surface area contributed by atoms with Crippen molar-refractivity contribution in [3.05, 3.63) is 89.9 Å². The number of hydrogen-bond donors (Lipinski definition) is 2. The lowest BCUT2D eigenvalue weighted by molar-refractivity contribution is 0.589. The number of halogens is 1. The first kappa shape index (κ1) is 20.9. The van der Waals surface area contributed by atoms with E-state index in [0.29, 0.717) is 40.8 Å². The van der Waals surface area contributed by atoms with Crippen molar-refractivity contribution in [3.63, 3.8) is 0 Å². The molecule has 0 radical (unpaired) electrons. The van der Waals surface area contributed by atoms with Crippen LogP contribution in [0.4, 0.5) is 21.7 Å². The van der Waals surface area contributed by atoms with Crippen LogP contribution < -0.4 is 11.1 Å². The molecule has 0 aliphatic carbocycles. The number of nitrogens with two attached hydrogens (primary N) is 1. The number of anilines is 2. The number of aliphatic imine (C=N–C) groups is 1. The van der Waals surface area contributed by atoms with E-state index in [2.05, 4.69) is 15.3 Å². The summed E-state index contributed by atoms with van der Waals surface area (Å²) in [6.07, 6.45) is 2.40. The van der Waals surface area contributed by atoms with E-state index in [9.17, 15) is 4.39 Å². The van der Waals surface area contributed by atoms with E-state index in [1.807, 2.05) is 42.5 Å². The zero-order chi connectivity index (χ0) is 23.8. The van der Waals surface area contributed by atoms with Crippen LogP contribution in [0.5, 0.6) is 0 Å². The van der Waals surface area contributed by atoms with Gasteiger partial charge in [0.2, 0.25) is 0 Å². The van der Waals surface area contributed by atoms with Crippen molar-refractivity contribution in [2.75, 3.05) is 17.6 Å². The fraction of sp³-hybridized carbons (Fsp3) is 0.115. The van der Waals surface area contributed by atoms with E-state index in [-0.39, 0.29) is 18.2 Å². The second kappa shape index (κ2) is 8.60. The number of pyridine rings is 1. The number of nitrogen functional groups attached to an aromatic ring is 1. The molecule has 2 aromatic carbocycles. The molecule has 0 saturated carbocycles. The number of rotatable bonds is 4. The highest BCUT2D eigenvalue weighted by Gasteiger charge is 2.22. The largest absolute Gasteiger partial charge is 0.382 e. The standard InChI is InChI=1S/C26H21FN8/c27-19-11-5-4-9-17(19)15-35-26-18(10-6-13-30-26)21(34-35)25-32-23(28)22-24(33-25)29-14-12-20(31-22)16-7-2-1-3-8-16/h1-11,13H,12,14-15H2,(H3,28,29,32,33). The highest BCUT2D eigenvalue weighted by Crippen LogP contribution is 2.35. The lowest BCUT2D eigenvalue weighted by Crippen LogP contribution is -2.08. The maximum atomic E-state index is 14.3. The fourth-order valence-corrected chi connectivity index (χ4v) is 4.21. The zero-order valence-corrected chi connectivity index (χ0v) is 18.7. The van der Waals surface area contributed by atoms with Gasteiger partial charge in [-0.15, -0.1) is 0 Å². The third-order valence-corrected chi connectivity index (χ3v) is 5.92. The molecular weight excluding hydrogens is 443 g/mol. The van der Waals surface area contributed by atoms with Crippen LogP contribution >= 0.6 is 0 Å². The van der Waals surface area contributed by atoms with Crippen molar-refractivity contribution in [1.82, 2.24) is 24.7 Å². The molecule has 0 spiro atoms. The van der Waals surface area contributed by atoms with Gasteiger partial charge >= 0.3 is 0 Å². The van der Waals surface area contributed by atoms with Crippen LogP contribution in [-0.2, 0) is 6.54 Å². The molecule has 5 aromatic rings.